The van der Waals surface area contributed by atoms with Crippen LogP contribution in [0.4, 0.5) is 0 Å². The molecule has 1 aromatic rings. The molecule has 0 unspecified atom stereocenters. The van der Waals surface area contributed by atoms with Gasteiger partial charge in [0.25, 0.3) is 0 Å². The van der Waals surface area contributed by atoms with Gasteiger partial charge in [0.05, 0.1) is 13.2 Å². The van der Waals surface area contributed by atoms with Gasteiger partial charge in [-0.25, -0.2) is 4.98 Å². The first-order chi connectivity index (χ1) is 11.1. The van der Waals surface area contributed by atoms with Crippen LogP contribution in [0.2, 0.25) is 0 Å². The van der Waals surface area contributed by atoms with E-state index in [1.54, 1.807) is 0 Å². The summed E-state index contributed by atoms with van der Waals surface area (Å²) in [7, 11) is 0. The average molecular weight is 320 g/mol. The Labute approximate surface area is 140 Å². The lowest BCUT2D eigenvalue weighted by molar-refractivity contribution is 0.0284. The number of rotatable bonds is 5. The first-order valence-corrected chi connectivity index (χ1v) is 9.17. The molecule has 2 aliphatic heterocycles. The number of aromatic nitrogens is 2. The molecule has 1 aromatic heterocycles. The molecule has 0 radical (unpaired) electrons. The van der Waals surface area contributed by atoms with Gasteiger partial charge in [0.2, 0.25) is 0 Å². The Morgan fingerprint density at radius 3 is 2.87 bits per heavy atom. The minimum Gasteiger partial charge on any atom is -0.379 e. The molecule has 0 amide bonds. The molecule has 0 aliphatic carbocycles. The number of hydrogen-bond donors (Lipinski definition) is 1. The van der Waals surface area contributed by atoms with Crippen molar-refractivity contribution in [1.29, 1.82) is 0 Å². The molecule has 5 heteroatoms. The number of piperidine rings is 1. The molecular weight excluding hydrogens is 288 g/mol. The SMILES string of the molecule is CC[C@@H]1C[C@H](n2ccnc2C(C)(C)CN2CCOCC2)CCN1. The van der Waals surface area contributed by atoms with Gasteiger partial charge < -0.3 is 14.6 Å². The molecule has 0 spiro atoms. The minimum absolute atomic E-state index is 0.0629. The Balaban J connectivity index is 1.73. The molecule has 3 rings (SSSR count). The van der Waals surface area contributed by atoms with Crippen LogP contribution in [-0.4, -0.2) is 59.9 Å². The molecule has 2 fully saturated rings. The standard InChI is InChI=1S/C18H32N4O/c1-4-15-13-16(5-6-19-15)22-8-7-20-17(22)18(2,3)14-21-9-11-23-12-10-21/h7-8,15-16,19H,4-6,9-14H2,1-3H3/t15-,16-/m1/s1. The predicted octanol–water partition coefficient (Wildman–Crippen LogP) is 2.20. The second-order valence-electron chi connectivity index (χ2n) is 7.67. The zero-order chi connectivity index (χ0) is 16.3. The van der Waals surface area contributed by atoms with E-state index < -0.39 is 0 Å². The average Bonchev–Trinajstić information content (AvgIpc) is 3.06. The first kappa shape index (κ1) is 16.9. The summed E-state index contributed by atoms with van der Waals surface area (Å²) in [4.78, 5) is 7.28. The predicted molar refractivity (Wildman–Crippen MR) is 92.9 cm³/mol. The maximum Gasteiger partial charge on any atom is 0.115 e. The van der Waals surface area contributed by atoms with Crippen molar-refractivity contribution in [2.24, 2.45) is 0 Å². The van der Waals surface area contributed by atoms with Crippen molar-refractivity contribution >= 4 is 0 Å². The Morgan fingerprint density at radius 1 is 1.35 bits per heavy atom. The third-order valence-electron chi connectivity index (χ3n) is 5.35. The molecule has 2 atom stereocenters. The summed E-state index contributed by atoms with van der Waals surface area (Å²) in [5.74, 6) is 1.24. The van der Waals surface area contributed by atoms with Crippen LogP contribution in [0.3, 0.4) is 0 Å². The quantitative estimate of drug-likeness (QED) is 0.903. The highest BCUT2D eigenvalue weighted by molar-refractivity contribution is 5.10. The van der Waals surface area contributed by atoms with Crippen LogP contribution in [0.25, 0.3) is 0 Å². The van der Waals surface area contributed by atoms with Gasteiger partial charge in [0.1, 0.15) is 5.82 Å². The molecule has 130 valence electrons. The molecular formula is C18H32N4O. The summed E-state index contributed by atoms with van der Waals surface area (Å²) in [6.07, 6.45) is 7.80. The van der Waals surface area contributed by atoms with E-state index in [0.717, 1.165) is 39.4 Å². The fourth-order valence-corrected chi connectivity index (χ4v) is 4.07. The van der Waals surface area contributed by atoms with E-state index >= 15 is 0 Å². The van der Waals surface area contributed by atoms with Crippen molar-refractivity contribution in [1.82, 2.24) is 19.8 Å². The summed E-state index contributed by atoms with van der Waals surface area (Å²) < 4.78 is 7.94. The molecule has 1 N–H and O–H groups in total. The van der Waals surface area contributed by atoms with E-state index in [0.29, 0.717) is 12.1 Å². The summed E-state index contributed by atoms with van der Waals surface area (Å²) in [5, 5.41) is 3.63. The van der Waals surface area contributed by atoms with E-state index in [9.17, 15) is 0 Å². The minimum atomic E-state index is 0.0629. The smallest absolute Gasteiger partial charge is 0.115 e. The summed E-state index contributed by atoms with van der Waals surface area (Å²) in [5.41, 5.74) is 0.0629. The van der Waals surface area contributed by atoms with Crippen LogP contribution in [-0.2, 0) is 10.2 Å². The Bertz CT molecular complexity index is 493. The molecule has 0 aromatic carbocycles. The van der Waals surface area contributed by atoms with Gasteiger partial charge in [-0.1, -0.05) is 20.8 Å². The number of nitrogens with zero attached hydrogens (tertiary/aromatic N) is 3. The van der Waals surface area contributed by atoms with E-state index in [4.69, 9.17) is 9.72 Å². The maximum absolute atomic E-state index is 5.48. The van der Waals surface area contributed by atoms with Crippen molar-refractivity contribution in [2.75, 3.05) is 39.4 Å². The highest BCUT2D eigenvalue weighted by Gasteiger charge is 2.32. The molecule has 0 bridgehead atoms. The number of nitrogens with one attached hydrogen (secondary N) is 1. The van der Waals surface area contributed by atoms with Gasteiger partial charge in [-0.2, -0.15) is 0 Å². The zero-order valence-corrected chi connectivity index (χ0v) is 14.9. The topological polar surface area (TPSA) is 42.3 Å². The highest BCUT2D eigenvalue weighted by atomic mass is 16.5. The van der Waals surface area contributed by atoms with E-state index in [1.807, 2.05) is 6.20 Å². The maximum atomic E-state index is 5.48. The lowest BCUT2D eigenvalue weighted by Crippen LogP contribution is -2.45. The molecule has 23 heavy (non-hydrogen) atoms. The van der Waals surface area contributed by atoms with E-state index in [1.165, 1.54) is 25.1 Å². The van der Waals surface area contributed by atoms with Crippen LogP contribution in [0.5, 0.6) is 0 Å². The van der Waals surface area contributed by atoms with Crippen molar-refractivity contribution in [2.45, 2.75) is 57.5 Å². The van der Waals surface area contributed by atoms with Crippen LogP contribution < -0.4 is 5.32 Å². The van der Waals surface area contributed by atoms with Crippen molar-refractivity contribution in [3.63, 3.8) is 0 Å². The zero-order valence-electron chi connectivity index (χ0n) is 14.9. The molecule has 5 nitrogen and oxygen atoms in total. The number of ether oxygens (including phenoxy) is 1. The number of morpholine rings is 1. The van der Waals surface area contributed by atoms with Crippen LogP contribution >= 0.6 is 0 Å². The third-order valence-corrected chi connectivity index (χ3v) is 5.35. The van der Waals surface area contributed by atoms with Gasteiger partial charge in [-0.15, -0.1) is 0 Å². The summed E-state index contributed by atoms with van der Waals surface area (Å²) in [6.45, 7) is 12.9. The Kier molecular flexibility index (Phi) is 5.39. The second-order valence-corrected chi connectivity index (χ2v) is 7.67. The van der Waals surface area contributed by atoms with E-state index in [2.05, 4.69) is 41.8 Å². The van der Waals surface area contributed by atoms with Crippen LogP contribution in [0.15, 0.2) is 12.4 Å². The number of hydrogen-bond acceptors (Lipinski definition) is 4. The van der Waals surface area contributed by atoms with Gasteiger partial charge in [-0.3, -0.25) is 4.90 Å². The van der Waals surface area contributed by atoms with E-state index in [-0.39, 0.29) is 5.41 Å². The van der Waals surface area contributed by atoms with Gasteiger partial charge in [0, 0.05) is 49.5 Å². The molecule has 0 saturated carbocycles. The second kappa shape index (κ2) is 7.32. The lowest BCUT2D eigenvalue weighted by Gasteiger charge is -2.37. The normalized spacial score (nSPS) is 27.3. The Hall–Kier alpha value is -0.910. The summed E-state index contributed by atoms with van der Waals surface area (Å²) in [6, 6.07) is 1.23. The highest BCUT2D eigenvalue weighted by Crippen LogP contribution is 2.30. The van der Waals surface area contributed by atoms with Crippen LogP contribution in [0.1, 0.15) is 51.9 Å². The first-order valence-electron chi connectivity index (χ1n) is 9.17. The lowest BCUT2D eigenvalue weighted by atomic mass is 9.89. The number of imidazole rings is 1. The van der Waals surface area contributed by atoms with Gasteiger partial charge >= 0.3 is 0 Å². The fraction of sp³-hybridized carbons (Fsp3) is 0.833. The largest absolute Gasteiger partial charge is 0.379 e. The van der Waals surface area contributed by atoms with Gasteiger partial charge in [0.15, 0.2) is 0 Å². The molecule has 3 heterocycles. The van der Waals surface area contributed by atoms with Crippen molar-refractivity contribution in [3.05, 3.63) is 18.2 Å². The Morgan fingerprint density at radius 2 is 2.13 bits per heavy atom. The molecule has 2 saturated heterocycles. The van der Waals surface area contributed by atoms with Crippen molar-refractivity contribution < 1.29 is 4.74 Å². The van der Waals surface area contributed by atoms with Crippen molar-refractivity contribution in [3.8, 4) is 0 Å². The molecule has 2 aliphatic rings. The van der Waals surface area contributed by atoms with Gasteiger partial charge in [-0.05, 0) is 25.8 Å². The third kappa shape index (κ3) is 3.95. The summed E-state index contributed by atoms with van der Waals surface area (Å²) >= 11 is 0. The fourth-order valence-electron chi connectivity index (χ4n) is 4.07. The monoisotopic (exact) mass is 320 g/mol. The van der Waals surface area contributed by atoms with Crippen LogP contribution in [0, 0.1) is 0 Å².